The maximum absolute atomic E-state index is 15.4. The van der Waals surface area contributed by atoms with Crippen LogP contribution in [-0.4, -0.2) is 54.4 Å². The number of nitrogens with zero attached hydrogens (tertiary/aromatic N) is 7. The second kappa shape index (κ2) is 11.5. The Balaban J connectivity index is 1.31. The highest BCUT2D eigenvalue weighted by Gasteiger charge is 2.27. The zero-order valence-corrected chi connectivity index (χ0v) is 25.3. The van der Waals surface area contributed by atoms with E-state index in [0.29, 0.717) is 23.2 Å². The van der Waals surface area contributed by atoms with Crippen LogP contribution in [0.15, 0.2) is 53.9 Å². The summed E-state index contributed by atoms with van der Waals surface area (Å²) in [5.74, 6) is 0.293. The summed E-state index contributed by atoms with van der Waals surface area (Å²) in [5, 5.41) is 7.30. The van der Waals surface area contributed by atoms with Crippen molar-refractivity contribution in [3.8, 4) is 11.4 Å². The standard InChI is InChI=1S/C29H29ClFN9O2S/c1-16-7-9-21(10-8-16)43(41,42)40-14-23(22-13-32-15-33-28(22)40)26-35-18(3)25(31)27(39-26)37-20-6-4-5-19(12-20)36-24-11-17(2)34-29(30)38-24/h7-11,13-15,19-20H,4-6,12H2,1-3H3,(H,34,36,38)(H,35,37,39)/t19-,20+/m0/s1. The first kappa shape index (κ1) is 28.9. The number of aryl methyl sites for hydroxylation is 3. The number of hydrogen-bond donors (Lipinski definition) is 2. The Labute approximate surface area is 253 Å². The first-order valence-corrected chi connectivity index (χ1v) is 15.6. The summed E-state index contributed by atoms with van der Waals surface area (Å²) < 4.78 is 43.7. The molecule has 4 heterocycles. The summed E-state index contributed by atoms with van der Waals surface area (Å²) in [7, 11) is -4.00. The topological polar surface area (TPSA) is 140 Å². The van der Waals surface area contributed by atoms with Crippen molar-refractivity contribution in [1.29, 1.82) is 0 Å². The van der Waals surface area contributed by atoms with Gasteiger partial charge in [-0.15, -0.1) is 0 Å². The first-order chi connectivity index (χ1) is 20.6. The summed E-state index contributed by atoms with van der Waals surface area (Å²) in [6, 6.07) is 8.40. The molecule has 0 unspecified atom stereocenters. The van der Waals surface area contributed by atoms with Gasteiger partial charge in [-0.3, -0.25) is 0 Å². The van der Waals surface area contributed by atoms with E-state index in [1.54, 1.807) is 31.2 Å². The molecule has 1 aromatic carbocycles. The molecule has 2 N–H and O–H groups in total. The van der Waals surface area contributed by atoms with Crippen LogP contribution in [0, 0.1) is 26.6 Å². The van der Waals surface area contributed by atoms with Crippen LogP contribution >= 0.6 is 11.6 Å². The van der Waals surface area contributed by atoms with Crippen LogP contribution < -0.4 is 10.6 Å². The smallest absolute Gasteiger partial charge is 0.269 e. The highest BCUT2D eigenvalue weighted by molar-refractivity contribution is 7.90. The van der Waals surface area contributed by atoms with Crippen LogP contribution in [0.2, 0.25) is 5.28 Å². The third-order valence-electron chi connectivity index (χ3n) is 7.47. The van der Waals surface area contributed by atoms with Crippen molar-refractivity contribution in [2.24, 2.45) is 0 Å². The Bertz CT molecular complexity index is 1910. The molecule has 0 spiro atoms. The molecule has 4 aromatic heterocycles. The van der Waals surface area contributed by atoms with Crippen molar-refractivity contribution >= 4 is 44.3 Å². The lowest BCUT2D eigenvalue weighted by atomic mass is 9.91. The van der Waals surface area contributed by atoms with Gasteiger partial charge in [0.15, 0.2) is 23.1 Å². The van der Waals surface area contributed by atoms with Gasteiger partial charge in [-0.05, 0) is 70.2 Å². The Morgan fingerprint density at radius 1 is 1.00 bits per heavy atom. The minimum atomic E-state index is -4.00. The molecule has 1 aliphatic rings. The molecule has 1 fully saturated rings. The number of nitrogens with one attached hydrogen (secondary N) is 2. The average Bonchev–Trinajstić information content (AvgIpc) is 3.36. The van der Waals surface area contributed by atoms with E-state index < -0.39 is 15.8 Å². The van der Waals surface area contributed by atoms with E-state index in [0.717, 1.165) is 34.5 Å². The van der Waals surface area contributed by atoms with Crippen LogP contribution in [0.5, 0.6) is 0 Å². The van der Waals surface area contributed by atoms with Crippen LogP contribution in [0.25, 0.3) is 22.4 Å². The van der Waals surface area contributed by atoms with Gasteiger partial charge in [0, 0.05) is 47.2 Å². The fourth-order valence-electron chi connectivity index (χ4n) is 5.36. The van der Waals surface area contributed by atoms with Crippen molar-refractivity contribution in [1.82, 2.24) is 33.9 Å². The Morgan fingerprint density at radius 3 is 2.49 bits per heavy atom. The van der Waals surface area contributed by atoms with Gasteiger partial charge in [0.05, 0.1) is 10.6 Å². The quantitative estimate of drug-likeness (QED) is 0.225. The molecule has 0 saturated heterocycles. The molecule has 43 heavy (non-hydrogen) atoms. The molecule has 0 amide bonds. The van der Waals surface area contributed by atoms with Gasteiger partial charge in [-0.25, -0.2) is 46.7 Å². The predicted molar refractivity (Wildman–Crippen MR) is 162 cm³/mol. The maximum atomic E-state index is 15.4. The third-order valence-corrected chi connectivity index (χ3v) is 9.30. The van der Waals surface area contributed by atoms with Crippen molar-refractivity contribution in [3.63, 3.8) is 0 Å². The monoisotopic (exact) mass is 621 g/mol. The molecule has 6 rings (SSSR count). The van der Waals surface area contributed by atoms with Crippen LogP contribution in [-0.2, 0) is 10.0 Å². The number of fused-ring (bicyclic) bond motifs is 1. The maximum Gasteiger partial charge on any atom is 0.269 e. The summed E-state index contributed by atoms with van der Waals surface area (Å²) in [6.07, 6.45) is 7.55. The summed E-state index contributed by atoms with van der Waals surface area (Å²) in [5.41, 5.74) is 2.37. The van der Waals surface area contributed by atoms with Gasteiger partial charge in [0.1, 0.15) is 12.1 Å². The van der Waals surface area contributed by atoms with Crippen molar-refractivity contribution < 1.29 is 12.8 Å². The summed E-state index contributed by atoms with van der Waals surface area (Å²) >= 11 is 6.03. The largest absolute Gasteiger partial charge is 0.367 e. The van der Waals surface area contributed by atoms with E-state index >= 15 is 4.39 Å². The molecule has 1 saturated carbocycles. The highest BCUT2D eigenvalue weighted by Crippen LogP contribution is 2.32. The van der Waals surface area contributed by atoms with E-state index in [-0.39, 0.29) is 45.2 Å². The molecule has 2 atom stereocenters. The van der Waals surface area contributed by atoms with Gasteiger partial charge < -0.3 is 10.6 Å². The SMILES string of the molecule is Cc1ccc(S(=O)(=O)n2cc(-c3nc(C)c(F)c(N[C@@H]4CCC[C@H](Nc5cc(C)nc(Cl)n5)C4)n3)c3cncnc32)cc1. The van der Waals surface area contributed by atoms with Crippen molar-refractivity contribution in [3.05, 3.63) is 77.1 Å². The minimum absolute atomic E-state index is 0.0493. The third kappa shape index (κ3) is 5.87. The molecule has 0 aliphatic heterocycles. The molecule has 0 radical (unpaired) electrons. The fourth-order valence-corrected chi connectivity index (χ4v) is 6.91. The summed E-state index contributed by atoms with van der Waals surface area (Å²) in [4.78, 5) is 25.8. The number of rotatable bonds is 7. The Morgan fingerprint density at radius 2 is 1.74 bits per heavy atom. The number of benzene rings is 1. The van der Waals surface area contributed by atoms with E-state index in [1.807, 2.05) is 19.9 Å². The second-order valence-corrected chi connectivity index (χ2v) is 12.9. The number of halogens is 2. The number of anilines is 2. The number of aromatic nitrogens is 7. The molecule has 11 nitrogen and oxygen atoms in total. The molecular weight excluding hydrogens is 593 g/mol. The molecule has 5 aromatic rings. The zero-order valence-electron chi connectivity index (χ0n) is 23.7. The van der Waals surface area contributed by atoms with Gasteiger partial charge in [0.25, 0.3) is 10.0 Å². The molecular formula is C29H29ClFN9O2S. The lowest BCUT2D eigenvalue weighted by molar-refractivity contribution is 0.424. The van der Waals surface area contributed by atoms with E-state index in [4.69, 9.17) is 11.6 Å². The highest BCUT2D eigenvalue weighted by atomic mass is 35.5. The van der Waals surface area contributed by atoms with E-state index in [1.165, 1.54) is 18.7 Å². The van der Waals surface area contributed by atoms with Gasteiger partial charge in [0.2, 0.25) is 5.28 Å². The zero-order chi connectivity index (χ0) is 30.3. The second-order valence-electron chi connectivity index (χ2n) is 10.7. The minimum Gasteiger partial charge on any atom is -0.367 e. The normalized spacial score (nSPS) is 17.2. The molecule has 0 bridgehead atoms. The van der Waals surface area contributed by atoms with Crippen LogP contribution in [0.1, 0.15) is 42.6 Å². The van der Waals surface area contributed by atoms with Gasteiger partial charge in [-0.1, -0.05) is 17.7 Å². The predicted octanol–water partition coefficient (Wildman–Crippen LogP) is 5.47. The van der Waals surface area contributed by atoms with Crippen LogP contribution in [0.4, 0.5) is 16.0 Å². The van der Waals surface area contributed by atoms with Crippen molar-refractivity contribution in [2.45, 2.75) is 63.4 Å². The number of hydrogen-bond acceptors (Lipinski definition) is 10. The lowest BCUT2D eigenvalue weighted by Crippen LogP contribution is -2.35. The van der Waals surface area contributed by atoms with E-state index in [9.17, 15) is 8.42 Å². The van der Waals surface area contributed by atoms with Gasteiger partial charge >= 0.3 is 0 Å². The molecule has 222 valence electrons. The lowest BCUT2D eigenvalue weighted by Gasteiger charge is -2.31. The van der Waals surface area contributed by atoms with E-state index in [2.05, 4.69) is 40.5 Å². The van der Waals surface area contributed by atoms with Crippen LogP contribution in [0.3, 0.4) is 0 Å². The average molecular weight is 622 g/mol. The fraction of sp³-hybridized carbons (Fsp3) is 0.310. The molecule has 1 aliphatic carbocycles. The Kier molecular flexibility index (Phi) is 7.69. The Hall–Kier alpha value is -4.23. The van der Waals surface area contributed by atoms with Gasteiger partial charge in [-0.2, -0.15) is 0 Å². The first-order valence-electron chi connectivity index (χ1n) is 13.8. The summed E-state index contributed by atoms with van der Waals surface area (Å²) in [6.45, 7) is 5.28. The van der Waals surface area contributed by atoms with Crippen molar-refractivity contribution in [2.75, 3.05) is 10.6 Å². The molecule has 14 heteroatoms.